The molecule has 0 amide bonds. The number of hydrogen-bond donors (Lipinski definition) is 1. The van der Waals surface area contributed by atoms with Gasteiger partial charge in [-0.25, -0.2) is 27.5 Å². The summed E-state index contributed by atoms with van der Waals surface area (Å²) in [6, 6.07) is 5.40. The normalized spacial score (nSPS) is 15.3. The Bertz CT molecular complexity index is 896. The van der Waals surface area contributed by atoms with Gasteiger partial charge < -0.3 is 4.90 Å². The standard InChI is InChI=1S/C18H23FN4O2S/c1-13-10-15(19)6-7-17(13)26(24,25)20-12-16-11-14(2)21-18(22-16)23-8-4-3-5-9-23/h6-7,10-11,20H,3-5,8-9,12H2,1-2H3. The van der Waals surface area contributed by atoms with E-state index in [4.69, 9.17) is 0 Å². The Morgan fingerprint density at radius 1 is 1.12 bits per heavy atom. The molecule has 0 unspecified atom stereocenters. The Labute approximate surface area is 153 Å². The molecular weight excluding hydrogens is 355 g/mol. The lowest BCUT2D eigenvalue weighted by atomic mass is 10.1. The highest BCUT2D eigenvalue weighted by Crippen LogP contribution is 2.18. The third-order valence-corrected chi connectivity index (χ3v) is 5.97. The average molecular weight is 378 g/mol. The molecule has 1 aliphatic rings. The van der Waals surface area contributed by atoms with Crippen LogP contribution in [0.15, 0.2) is 29.2 Å². The fourth-order valence-electron chi connectivity index (χ4n) is 3.10. The highest BCUT2D eigenvalue weighted by Gasteiger charge is 2.19. The van der Waals surface area contributed by atoms with E-state index in [0.29, 0.717) is 17.2 Å². The highest BCUT2D eigenvalue weighted by molar-refractivity contribution is 7.89. The first-order chi connectivity index (χ1) is 12.3. The quantitative estimate of drug-likeness (QED) is 0.866. The van der Waals surface area contributed by atoms with Crippen LogP contribution in [0.2, 0.25) is 0 Å². The first-order valence-corrected chi connectivity index (χ1v) is 10.2. The van der Waals surface area contributed by atoms with Crippen molar-refractivity contribution >= 4 is 16.0 Å². The van der Waals surface area contributed by atoms with Crippen LogP contribution in [0.4, 0.5) is 10.3 Å². The fourth-order valence-corrected chi connectivity index (χ4v) is 4.33. The number of nitrogens with zero attached hydrogens (tertiary/aromatic N) is 3. The first kappa shape index (κ1) is 18.7. The monoisotopic (exact) mass is 378 g/mol. The summed E-state index contributed by atoms with van der Waals surface area (Å²) in [5, 5.41) is 0. The summed E-state index contributed by atoms with van der Waals surface area (Å²) in [4.78, 5) is 11.2. The molecule has 1 fully saturated rings. The van der Waals surface area contributed by atoms with E-state index in [9.17, 15) is 12.8 Å². The van der Waals surface area contributed by atoms with E-state index in [1.54, 1.807) is 13.0 Å². The summed E-state index contributed by atoms with van der Waals surface area (Å²) < 4.78 is 40.8. The maximum atomic E-state index is 13.2. The van der Waals surface area contributed by atoms with Gasteiger partial charge in [0.05, 0.1) is 17.1 Å². The largest absolute Gasteiger partial charge is 0.341 e. The second-order valence-corrected chi connectivity index (χ2v) is 8.32. The van der Waals surface area contributed by atoms with Crippen molar-refractivity contribution in [1.29, 1.82) is 0 Å². The molecule has 0 saturated carbocycles. The van der Waals surface area contributed by atoms with Gasteiger partial charge in [-0.15, -0.1) is 0 Å². The summed E-state index contributed by atoms with van der Waals surface area (Å²) in [6.07, 6.45) is 3.44. The van der Waals surface area contributed by atoms with Gasteiger partial charge in [0.1, 0.15) is 5.82 Å². The van der Waals surface area contributed by atoms with Crippen molar-refractivity contribution in [3.05, 3.63) is 47.0 Å². The van der Waals surface area contributed by atoms with Crippen molar-refractivity contribution in [1.82, 2.24) is 14.7 Å². The highest BCUT2D eigenvalue weighted by atomic mass is 32.2. The van der Waals surface area contributed by atoms with Gasteiger partial charge in [-0.2, -0.15) is 0 Å². The molecule has 26 heavy (non-hydrogen) atoms. The lowest BCUT2D eigenvalue weighted by Gasteiger charge is -2.27. The third-order valence-electron chi connectivity index (χ3n) is 4.40. The Balaban J connectivity index is 1.77. The van der Waals surface area contributed by atoms with Gasteiger partial charge >= 0.3 is 0 Å². The van der Waals surface area contributed by atoms with Crippen LogP contribution in [-0.4, -0.2) is 31.5 Å². The van der Waals surface area contributed by atoms with E-state index in [-0.39, 0.29) is 11.4 Å². The van der Waals surface area contributed by atoms with Crippen molar-refractivity contribution in [3.63, 3.8) is 0 Å². The van der Waals surface area contributed by atoms with Gasteiger partial charge in [0.25, 0.3) is 0 Å². The number of sulfonamides is 1. The minimum Gasteiger partial charge on any atom is -0.341 e. The summed E-state index contributed by atoms with van der Waals surface area (Å²) in [6.45, 7) is 5.34. The molecule has 0 radical (unpaired) electrons. The molecule has 3 rings (SSSR count). The van der Waals surface area contributed by atoms with E-state index in [0.717, 1.165) is 37.7 Å². The molecule has 0 bridgehead atoms. The van der Waals surface area contributed by atoms with E-state index < -0.39 is 15.8 Å². The summed E-state index contributed by atoms with van der Waals surface area (Å²) in [7, 11) is -3.75. The lowest BCUT2D eigenvalue weighted by molar-refractivity contribution is 0.565. The predicted octanol–water partition coefficient (Wildman–Crippen LogP) is 2.70. The summed E-state index contributed by atoms with van der Waals surface area (Å²) in [5.41, 5.74) is 1.78. The number of aromatic nitrogens is 2. The molecular formula is C18H23FN4O2S. The van der Waals surface area contributed by atoms with Crippen LogP contribution in [0.1, 0.15) is 36.2 Å². The van der Waals surface area contributed by atoms with E-state index >= 15 is 0 Å². The van der Waals surface area contributed by atoms with E-state index in [1.807, 2.05) is 6.92 Å². The molecule has 6 nitrogen and oxygen atoms in total. The number of halogens is 1. The molecule has 1 aliphatic heterocycles. The van der Waals surface area contributed by atoms with Crippen LogP contribution in [0.3, 0.4) is 0 Å². The maximum Gasteiger partial charge on any atom is 0.241 e. The zero-order valence-electron chi connectivity index (χ0n) is 15.0. The molecule has 8 heteroatoms. The number of piperidine rings is 1. The third kappa shape index (κ3) is 4.37. The molecule has 1 aromatic heterocycles. The van der Waals surface area contributed by atoms with Crippen molar-refractivity contribution in [3.8, 4) is 0 Å². The molecule has 0 atom stereocenters. The minimum absolute atomic E-state index is 0.0589. The molecule has 1 N–H and O–H groups in total. The molecule has 0 spiro atoms. The molecule has 0 aliphatic carbocycles. The maximum absolute atomic E-state index is 13.2. The van der Waals surface area contributed by atoms with Crippen LogP contribution in [-0.2, 0) is 16.6 Å². The van der Waals surface area contributed by atoms with Crippen molar-refractivity contribution in [2.75, 3.05) is 18.0 Å². The summed E-state index contributed by atoms with van der Waals surface area (Å²) in [5.74, 6) is 0.191. The Morgan fingerprint density at radius 3 is 2.54 bits per heavy atom. The average Bonchev–Trinajstić information content (AvgIpc) is 2.60. The Hall–Kier alpha value is -2.06. The first-order valence-electron chi connectivity index (χ1n) is 8.70. The van der Waals surface area contributed by atoms with Crippen LogP contribution >= 0.6 is 0 Å². The minimum atomic E-state index is -3.75. The lowest BCUT2D eigenvalue weighted by Crippen LogP contribution is -2.32. The second kappa shape index (κ2) is 7.67. The van der Waals surface area contributed by atoms with Gasteiger partial charge in [0.15, 0.2) is 0 Å². The number of rotatable bonds is 5. The topological polar surface area (TPSA) is 75.2 Å². The second-order valence-electron chi connectivity index (χ2n) is 6.58. The molecule has 2 heterocycles. The van der Waals surface area contributed by atoms with Crippen molar-refractivity contribution in [2.45, 2.75) is 44.6 Å². The molecule has 1 aromatic carbocycles. The number of nitrogens with one attached hydrogen (secondary N) is 1. The van der Waals surface area contributed by atoms with Crippen LogP contribution in [0, 0.1) is 19.7 Å². The number of benzene rings is 1. The molecule has 140 valence electrons. The zero-order chi connectivity index (χ0) is 18.7. The van der Waals surface area contributed by atoms with Gasteiger partial charge in [0.2, 0.25) is 16.0 Å². The van der Waals surface area contributed by atoms with Gasteiger partial charge in [-0.3, -0.25) is 0 Å². The number of aryl methyl sites for hydroxylation is 2. The summed E-state index contributed by atoms with van der Waals surface area (Å²) >= 11 is 0. The predicted molar refractivity (Wildman–Crippen MR) is 98.0 cm³/mol. The van der Waals surface area contributed by atoms with Crippen LogP contribution in [0.5, 0.6) is 0 Å². The smallest absolute Gasteiger partial charge is 0.241 e. The van der Waals surface area contributed by atoms with Gasteiger partial charge in [-0.1, -0.05) is 0 Å². The SMILES string of the molecule is Cc1cc(CNS(=O)(=O)c2ccc(F)cc2C)nc(N2CCCCC2)n1. The van der Waals surface area contributed by atoms with E-state index in [1.165, 1.54) is 18.6 Å². The van der Waals surface area contributed by atoms with Crippen LogP contribution in [0.25, 0.3) is 0 Å². The number of hydrogen-bond acceptors (Lipinski definition) is 5. The number of anilines is 1. The van der Waals surface area contributed by atoms with Crippen molar-refractivity contribution in [2.24, 2.45) is 0 Å². The van der Waals surface area contributed by atoms with Gasteiger partial charge in [-0.05, 0) is 62.9 Å². The molecule has 2 aromatic rings. The Morgan fingerprint density at radius 2 is 1.85 bits per heavy atom. The van der Waals surface area contributed by atoms with Crippen LogP contribution < -0.4 is 9.62 Å². The Kier molecular flexibility index (Phi) is 5.52. The molecule has 1 saturated heterocycles. The zero-order valence-corrected chi connectivity index (χ0v) is 15.8. The van der Waals surface area contributed by atoms with E-state index in [2.05, 4.69) is 19.6 Å². The fraction of sp³-hybridized carbons (Fsp3) is 0.444. The van der Waals surface area contributed by atoms with Crippen molar-refractivity contribution < 1.29 is 12.8 Å². The van der Waals surface area contributed by atoms with Gasteiger partial charge in [0, 0.05) is 18.8 Å².